The molecule has 2 rings (SSSR count). The molecule has 0 aliphatic heterocycles. The van der Waals surface area contributed by atoms with E-state index in [1.807, 2.05) is 6.92 Å². The zero-order chi connectivity index (χ0) is 15.3. The van der Waals surface area contributed by atoms with Gasteiger partial charge in [-0.05, 0) is 37.5 Å². The standard InChI is InChI=1S/C13H15N5O2S/c1-10-11(9-16-18-10)4-2-7-17-21(19,20)13-5-3-6-15-12(13)8-14/h3,5-6,9,17H,2,4,7H2,1H3,(H,16,18). The number of nitrogens with one attached hydrogen (secondary N) is 2. The van der Waals surface area contributed by atoms with Crippen LogP contribution in [-0.2, 0) is 16.4 Å². The van der Waals surface area contributed by atoms with Gasteiger partial charge in [0.1, 0.15) is 11.0 Å². The summed E-state index contributed by atoms with van der Waals surface area (Å²) in [7, 11) is -3.71. The van der Waals surface area contributed by atoms with Crippen molar-refractivity contribution in [2.75, 3.05) is 6.54 Å². The molecule has 0 saturated heterocycles. The van der Waals surface area contributed by atoms with E-state index in [0.29, 0.717) is 6.42 Å². The molecule has 0 atom stereocenters. The highest BCUT2D eigenvalue weighted by atomic mass is 32.2. The molecule has 0 aromatic carbocycles. The highest BCUT2D eigenvalue weighted by Gasteiger charge is 2.18. The van der Waals surface area contributed by atoms with Gasteiger partial charge in [0, 0.05) is 18.4 Å². The number of aromatic nitrogens is 3. The normalized spacial score (nSPS) is 11.2. The number of nitriles is 1. The molecule has 0 saturated carbocycles. The number of sulfonamides is 1. The number of rotatable bonds is 6. The highest BCUT2D eigenvalue weighted by Crippen LogP contribution is 2.12. The van der Waals surface area contributed by atoms with Gasteiger partial charge in [-0.1, -0.05) is 0 Å². The number of aromatic amines is 1. The average molecular weight is 305 g/mol. The van der Waals surface area contributed by atoms with Crippen molar-refractivity contribution < 1.29 is 8.42 Å². The van der Waals surface area contributed by atoms with Crippen molar-refractivity contribution >= 4 is 10.0 Å². The van der Waals surface area contributed by atoms with Crippen LogP contribution in [0.25, 0.3) is 0 Å². The van der Waals surface area contributed by atoms with Gasteiger partial charge in [0.2, 0.25) is 10.0 Å². The SMILES string of the molecule is Cc1[nH]ncc1CCCNS(=O)(=O)c1cccnc1C#N. The third kappa shape index (κ3) is 3.65. The molecule has 21 heavy (non-hydrogen) atoms. The van der Waals surface area contributed by atoms with Gasteiger partial charge in [0.05, 0.1) is 6.20 Å². The first-order valence-corrected chi connectivity index (χ1v) is 7.86. The van der Waals surface area contributed by atoms with Gasteiger partial charge in [-0.3, -0.25) is 5.10 Å². The predicted molar refractivity (Wildman–Crippen MR) is 75.8 cm³/mol. The van der Waals surface area contributed by atoms with Crippen molar-refractivity contribution in [2.45, 2.75) is 24.7 Å². The van der Waals surface area contributed by atoms with Crippen molar-refractivity contribution in [1.82, 2.24) is 19.9 Å². The first-order valence-electron chi connectivity index (χ1n) is 6.38. The lowest BCUT2D eigenvalue weighted by atomic mass is 10.1. The minimum atomic E-state index is -3.71. The summed E-state index contributed by atoms with van der Waals surface area (Å²) in [6, 6.07) is 4.64. The van der Waals surface area contributed by atoms with Crippen molar-refractivity contribution in [3.8, 4) is 6.07 Å². The fourth-order valence-electron chi connectivity index (χ4n) is 1.88. The van der Waals surface area contributed by atoms with Gasteiger partial charge in [-0.2, -0.15) is 10.4 Å². The first-order chi connectivity index (χ1) is 10.0. The first kappa shape index (κ1) is 15.2. The van der Waals surface area contributed by atoms with E-state index in [1.165, 1.54) is 18.3 Å². The summed E-state index contributed by atoms with van der Waals surface area (Å²) in [4.78, 5) is 3.66. The molecule has 2 N–H and O–H groups in total. The Morgan fingerprint density at radius 2 is 2.29 bits per heavy atom. The Balaban J connectivity index is 1.96. The monoisotopic (exact) mass is 305 g/mol. The van der Waals surface area contributed by atoms with E-state index >= 15 is 0 Å². The summed E-state index contributed by atoms with van der Waals surface area (Å²) < 4.78 is 26.7. The second-order valence-corrected chi connectivity index (χ2v) is 6.22. The second kappa shape index (κ2) is 6.47. The Morgan fingerprint density at radius 1 is 1.48 bits per heavy atom. The molecule has 0 radical (unpaired) electrons. The number of pyridine rings is 1. The Hall–Kier alpha value is -2.24. The maximum atomic E-state index is 12.1. The molecule has 0 amide bonds. The third-order valence-electron chi connectivity index (χ3n) is 3.02. The maximum absolute atomic E-state index is 12.1. The molecule has 0 spiro atoms. The van der Waals surface area contributed by atoms with Gasteiger partial charge in [0.25, 0.3) is 0 Å². The van der Waals surface area contributed by atoms with Gasteiger partial charge < -0.3 is 0 Å². The molecular weight excluding hydrogens is 290 g/mol. The van der Waals surface area contributed by atoms with E-state index in [9.17, 15) is 8.42 Å². The van der Waals surface area contributed by atoms with Crippen LogP contribution < -0.4 is 4.72 Å². The van der Waals surface area contributed by atoms with E-state index in [4.69, 9.17) is 5.26 Å². The lowest BCUT2D eigenvalue weighted by Gasteiger charge is -2.07. The average Bonchev–Trinajstić information content (AvgIpc) is 2.89. The van der Waals surface area contributed by atoms with Crippen LogP contribution in [0.1, 0.15) is 23.4 Å². The van der Waals surface area contributed by atoms with Crippen molar-refractivity contribution in [3.05, 3.63) is 41.5 Å². The Labute approximate surface area is 123 Å². The number of hydrogen-bond acceptors (Lipinski definition) is 5. The fourth-order valence-corrected chi connectivity index (χ4v) is 3.06. The lowest BCUT2D eigenvalue weighted by Crippen LogP contribution is -2.26. The summed E-state index contributed by atoms with van der Waals surface area (Å²) in [5.74, 6) is 0. The van der Waals surface area contributed by atoms with Crippen LogP contribution in [0, 0.1) is 18.3 Å². The Bertz CT molecular complexity index is 761. The number of H-pyrrole nitrogens is 1. The fraction of sp³-hybridized carbons (Fsp3) is 0.308. The minimum Gasteiger partial charge on any atom is -0.283 e. The molecule has 0 fully saturated rings. The predicted octanol–water partition coefficient (Wildman–Crippen LogP) is 0.896. The summed E-state index contributed by atoms with van der Waals surface area (Å²) in [5, 5.41) is 15.6. The number of nitrogens with zero attached hydrogens (tertiary/aromatic N) is 3. The Kier molecular flexibility index (Phi) is 4.67. The van der Waals surface area contributed by atoms with Crippen LogP contribution in [0.5, 0.6) is 0 Å². The molecule has 0 bridgehead atoms. The van der Waals surface area contributed by atoms with Crippen LogP contribution in [-0.4, -0.2) is 30.1 Å². The summed E-state index contributed by atoms with van der Waals surface area (Å²) in [6.45, 7) is 2.20. The molecule has 110 valence electrons. The van der Waals surface area contributed by atoms with Gasteiger partial charge in [-0.25, -0.2) is 18.1 Å². The topological polar surface area (TPSA) is 112 Å². The summed E-state index contributed by atoms with van der Waals surface area (Å²) >= 11 is 0. The zero-order valence-electron chi connectivity index (χ0n) is 11.5. The maximum Gasteiger partial charge on any atom is 0.243 e. The number of hydrogen-bond donors (Lipinski definition) is 2. The zero-order valence-corrected chi connectivity index (χ0v) is 12.3. The van der Waals surface area contributed by atoms with Crippen LogP contribution in [0.4, 0.5) is 0 Å². The van der Waals surface area contributed by atoms with Crippen molar-refractivity contribution in [2.24, 2.45) is 0 Å². The van der Waals surface area contributed by atoms with Crippen LogP contribution in [0.3, 0.4) is 0 Å². The van der Waals surface area contributed by atoms with Gasteiger partial charge in [0.15, 0.2) is 5.69 Å². The lowest BCUT2D eigenvalue weighted by molar-refractivity contribution is 0.578. The molecule has 0 unspecified atom stereocenters. The van der Waals surface area contributed by atoms with Crippen LogP contribution in [0.15, 0.2) is 29.4 Å². The third-order valence-corrected chi connectivity index (χ3v) is 4.51. The molecule has 0 aliphatic rings. The smallest absolute Gasteiger partial charge is 0.243 e. The van der Waals surface area contributed by atoms with E-state index in [0.717, 1.165) is 17.7 Å². The van der Waals surface area contributed by atoms with Crippen LogP contribution in [0.2, 0.25) is 0 Å². The highest BCUT2D eigenvalue weighted by molar-refractivity contribution is 7.89. The molecule has 0 aliphatic carbocycles. The molecule has 7 nitrogen and oxygen atoms in total. The van der Waals surface area contributed by atoms with Crippen molar-refractivity contribution in [1.29, 1.82) is 5.26 Å². The number of aryl methyl sites for hydroxylation is 2. The molecule has 2 heterocycles. The second-order valence-electron chi connectivity index (χ2n) is 4.48. The molecule has 2 aromatic heterocycles. The van der Waals surface area contributed by atoms with Crippen LogP contribution >= 0.6 is 0 Å². The summed E-state index contributed by atoms with van der Waals surface area (Å²) in [5.41, 5.74) is 1.95. The van der Waals surface area contributed by atoms with E-state index in [1.54, 1.807) is 12.3 Å². The van der Waals surface area contributed by atoms with Gasteiger partial charge >= 0.3 is 0 Å². The largest absolute Gasteiger partial charge is 0.283 e. The van der Waals surface area contributed by atoms with E-state index in [-0.39, 0.29) is 17.1 Å². The van der Waals surface area contributed by atoms with Gasteiger partial charge in [-0.15, -0.1) is 0 Å². The van der Waals surface area contributed by atoms with Crippen molar-refractivity contribution in [3.63, 3.8) is 0 Å². The quantitative estimate of drug-likeness (QED) is 0.770. The molecule has 8 heteroatoms. The van der Waals surface area contributed by atoms with E-state index in [2.05, 4.69) is 19.9 Å². The molecular formula is C13H15N5O2S. The Morgan fingerprint density at radius 3 is 2.95 bits per heavy atom. The van der Waals surface area contributed by atoms with E-state index < -0.39 is 10.0 Å². The molecule has 2 aromatic rings. The minimum absolute atomic E-state index is 0.0907. The summed E-state index contributed by atoms with van der Waals surface area (Å²) in [6.07, 6.45) is 4.49.